The highest BCUT2D eigenvalue weighted by Gasteiger charge is 2.21. The van der Waals surface area contributed by atoms with Crippen LogP contribution in [0, 0.1) is 6.57 Å². The average molecular weight is 649 g/mol. The van der Waals surface area contributed by atoms with Crippen LogP contribution in [0.25, 0.3) is 98.3 Å². The zero-order valence-electron chi connectivity index (χ0n) is 27.5. The molecule has 0 radical (unpaired) electrons. The van der Waals surface area contributed by atoms with Gasteiger partial charge in [0.05, 0.1) is 23.1 Å². The summed E-state index contributed by atoms with van der Waals surface area (Å²) in [6.07, 6.45) is 3.71. The molecule has 0 N–H and O–H groups in total. The number of fused-ring (bicyclic) bond motifs is 6. The fraction of sp³-hybridized carbons (Fsp3) is 0. The third kappa shape index (κ3) is 4.53. The van der Waals surface area contributed by atoms with Crippen molar-refractivity contribution in [1.29, 1.82) is 0 Å². The molecule has 0 spiro atoms. The van der Waals surface area contributed by atoms with Gasteiger partial charge in [0.2, 0.25) is 0 Å². The van der Waals surface area contributed by atoms with Crippen LogP contribution in [0.4, 0.5) is 5.69 Å². The van der Waals surface area contributed by atoms with Crippen LogP contribution < -0.4 is 0 Å². The van der Waals surface area contributed by atoms with E-state index in [0.29, 0.717) is 5.69 Å². The van der Waals surface area contributed by atoms with Crippen molar-refractivity contribution < 1.29 is 0 Å². The van der Waals surface area contributed by atoms with Crippen molar-refractivity contribution in [2.75, 3.05) is 0 Å². The number of benzene rings is 7. The van der Waals surface area contributed by atoms with Crippen molar-refractivity contribution in [1.82, 2.24) is 14.5 Å². The van der Waals surface area contributed by atoms with E-state index in [1.54, 1.807) is 0 Å². The number of hydrogen-bond acceptors (Lipinski definition) is 2. The Labute approximate surface area is 294 Å². The molecule has 7 aromatic carbocycles. The van der Waals surface area contributed by atoms with Crippen molar-refractivity contribution in [3.63, 3.8) is 0 Å². The summed E-state index contributed by atoms with van der Waals surface area (Å²) in [4.78, 5) is 13.4. The molecule has 51 heavy (non-hydrogen) atoms. The van der Waals surface area contributed by atoms with E-state index in [4.69, 9.17) is 16.5 Å². The van der Waals surface area contributed by atoms with Crippen molar-refractivity contribution in [2.24, 2.45) is 0 Å². The lowest BCUT2D eigenvalue weighted by Gasteiger charge is -2.19. The van der Waals surface area contributed by atoms with Gasteiger partial charge in [-0.1, -0.05) is 109 Å². The summed E-state index contributed by atoms with van der Waals surface area (Å²) in [5.74, 6) is 0.845. The third-order valence-corrected chi connectivity index (χ3v) is 10.1. The topological polar surface area (TPSA) is 35.1 Å². The summed E-state index contributed by atoms with van der Waals surface area (Å²) in [6, 6.07) is 55.5. The Morgan fingerprint density at radius 2 is 1.14 bits per heavy atom. The number of para-hydroxylation sites is 1. The van der Waals surface area contributed by atoms with E-state index in [1.165, 1.54) is 38.2 Å². The molecule has 3 heterocycles. The molecule has 0 saturated carbocycles. The smallest absolute Gasteiger partial charge is 0.188 e. The standard InChI is InChI=1S/C47H28N4/c1-48-34-21-24-43-40(29-34)39-28-33(20-23-42(39)51(43)44-18-7-8-25-49-44)45-35-15-5-6-16-36(35)46(38-17-9-13-31-14-10-26-50-47(31)38)37-22-19-32(27-41(37)45)30-11-3-2-4-12-30/h2-29H. The Bertz CT molecular complexity index is 3020. The van der Waals surface area contributed by atoms with Gasteiger partial charge in [0.25, 0.3) is 0 Å². The second kappa shape index (κ2) is 11.5. The maximum atomic E-state index is 7.79. The van der Waals surface area contributed by atoms with Crippen molar-refractivity contribution in [2.45, 2.75) is 0 Å². The van der Waals surface area contributed by atoms with Gasteiger partial charge in [-0.2, -0.15) is 0 Å². The van der Waals surface area contributed by atoms with Crippen molar-refractivity contribution in [3.05, 3.63) is 182 Å². The summed E-state index contributed by atoms with van der Waals surface area (Å²) in [7, 11) is 0. The average Bonchev–Trinajstić information content (AvgIpc) is 3.53. The van der Waals surface area contributed by atoms with E-state index in [-0.39, 0.29) is 0 Å². The number of nitrogens with zero attached hydrogens (tertiary/aromatic N) is 4. The first-order valence-electron chi connectivity index (χ1n) is 17.0. The summed E-state index contributed by atoms with van der Waals surface area (Å²) in [6.45, 7) is 7.79. The molecular weight excluding hydrogens is 621 g/mol. The minimum atomic E-state index is 0.615. The van der Waals surface area contributed by atoms with E-state index in [9.17, 15) is 0 Å². The summed E-state index contributed by atoms with van der Waals surface area (Å²) in [5, 5.41) is 7.93. The molecule has 10 aromatic rings. The Morgan fingerprint density at radius 1 is 0.451 bits per heavy atom. The lowest BCUT2D eigenvalue weighted by Crippen LogP contribution is -1.96. The largest absolute Gasteiger partial charge is 0.294 e. The van der Waals surface area contributed by atoms with Gasteiger partial charge in [-0.05, 0) is 103 Å². The van der Waals surface area contributed by atoms with E-state index in [2.05, 4.69) is 125 Å². The molecule has 4 nitrogen and oxygen atoms in total. The first-order chi connectivity index (χ1) is 25.3. The summed E-state index contributed by atoms with van der Waals surface area (Å²) >= 11 is 0. The van der Waals surface area contributed by atoms with E-state index < -0.39 is 0 Å². The molecule has 0 bridgehead atoms. The van der Waals surface area contributed by atoms with Crippen LogP contribution in [-0.4, -0.2) is 14.5 Å². The van der Waals surface area contributed by atoms with E-state index in [1.807, 2.05) is 54.9 Å². The third-order valence-electron chi connectivity index (χ3n) is 10.1. The van der Waals surface area contributed by atoms with Gasteiger partial charge in [0.15, 0.2) is 5.69 Å². The fourth-order valence-electron chi connectivity index (χ4n) is 7.86. The van der Waals surface area contributed by atoms with E-state index in [0.717, 1.165) is 55.2 Å². The lowest BCUT2D eigenvalue weighted by molar-refractivity contribution is 1.08. The molecule has 4 heteroatoms. The molecule has 0 aliphatic rings. The van der Waals surface area contributed by atoms with Gasteiger partial charge in [-0.25, -0.2) is 9.83 Å². The van der Waals surface area contributed by atoms with Crippen molar-refractivity contribution >= 4 is 59.9 Å². The molecule has 0 fully saturated rings. The zero-order valence-corrected chi connectivity index (χ0v) is 27.5. The molecule has 0 saturated heterocycles. The van der Waals surface area contributed by atoms with E-state index >= 15 is 0 Å². The van der Waals surface area contributed by atoms with Gasteiger partial charge >= 0.3 is 0 Å². The number of pyridine rings is 2. The second-order valence-corrected chi connectivity index (χ2v) is 12.9. The highest BCUT2D eigenvalue weighted by atomic mass is 15.1. The molecule has 10 rings (SSSR count). The predicted molar refractivity (Wildman–Crippen MR) is 211 cm³/mol. The Hall–Kier alpha value is -7.09. The van der Waals surface area contributed by atoms with Gasteiger partial charge in [0.1, 0.15) is 5.82 Å². The van der Waals surface area contributed by atoms with Crippen LogP contribution in [0.1, 0.15) is 0 Å². The predicted octanol–water partition coefficient (Wildman–Crippen LogP) is 12.6. The maximum Gasteiger partial charge on any atom is 0.188 e. The van der Waals surface area contributed by atoms with Crippen LogP contribution in [-0.2, 0) is 0 Å². The second-order valence-electron chi connectivity index (χ2n) is 12.9. The maximum absolute atomic E-state index is 7.79. The molecule has 0 unspecified atom stereocenters. The van der Waals surface area contributed by atoms with Gasteiger partial charge < -0.3 is 0 Å². The molecule has 3 aromatic heterocycles. The van der Waals surface area contributed by atoms with Crippen LogP contribution in [0.2, 0.25) is 0 Å². The van der Waals surface area contributed by atoms with Crippen molar-refractivity contribution in [3.8, 4) is 39.2 Å². The minimum Gasteiger partial charge on any atom is -0.294 e. The first kappa shape index (κ1) is 28.9. The minimum absolute atomic E-state index is 0.615. The Kier molecular flexibility index (Phi) is 6.52. The lowest BCUT2D eigenvalue weighted by atomic mass is 9.84. The number of hydrogen-bond donors (Lipinski definition) is 0. The highest BCUT2D eigenvalue weighted by molar-refractivity contribution is 6.24. The van der Waals surface area contributed by atoms with Gasteiger partial charge in [-0.15, -0.1) is 0 Å². The molecule has 0 aliphatic carbocycles. The molecule has 236 valence electrons. The highest BCUT2D eigenvalue weighted by Crippen LogP contribution is 2.47. The fourth-order valence-corrected chi connectivity index (χ4v) is 7.86. The summed E-state index contributed by atoms with van der Waals surface area (Å²) < 4.78 is 2.20. The van der Waals surface area contributed by atoms with Crippen LogP contribution in [0.5, 0.6) is 0 Å². The Balaban J connectivity index is 1.34. The molecule has 0 amide bonds. The van der Waals surface area contributed by atoms with Crippen LogP contribution >= 0.6 is 0 Å². The first-order valence-corrected chi connectivity index (χ1v) is 17.0. The van der Waals surface area contributed by atoms with Crippen LogP contribution in [0.15, 0.2) is 170 Å². The normalized spacial score (nSPS) is 11.5. The molecular formula is C47H28N4. The molecule has 0 atom stereocenters. The van der Waals surface area contributed by atoms with Crippen LogP contribution in [0.3, 0.4) is 0 Å². The number of aromatic nitrogens is 3. The SMILES string of the molecule is [C-]#[N+]c1ccc2c(c1)c1cc(-c3c4ccccc4c(-c4cccc5cccnc45)c4ccc(-c5ccccc5)cc34)ccc1n2-c1ccccn1. The zero-order chi connectivity index (χ0) is 33.9. The Morgan fingerprint density at radius 3 is 1.96 bits per heavy atom. The quantitative estimate of drug-likeness (QED) is 0.141. The number of rotatable bonds is 4. The summed E-state index contributed by atoms with van der Waals surface area (Å²) in [5.41, 5.74) is 10.6. The van der Waals surface area contributed by atoms with Gasteiger partial charge in [-0.3, -0.25) is 9.55 Å². The van der Waals surface area contributed by atoms with Gasteiger partial charge in [0, 0.05) is 28.7 Å². The molecule has 0 aliphatic heterocycles. The monoisotopic (exact) mass is 648 g/mol.